The number of aliphatic hydroxyl groups is 1. The van der Waals surface area contributed by atoms with Crippen LogP contribution in [0, 0.1) is 5.92 Å². The lowest BCUT2D eigenvalue weighted by molar-refractivity contribution is -0.148. The van der Waals surface area contributed by atoms with E-state index in [0.717, 1.165) is 36.6 Å². The summed E-state index contributed by atoms with van der Waals surface area (Å²) in [6.07, 6.45) is 8.49. The standard InChI is InChI=1S/C27H31N3O4/c1-16(25(32)29-19-7-10-28-11-8-19)13-22-27-9-12-30(15-17-3-4-17)21(26(27,2)33)14-18-5-6-20(31)24(34-22)23(18)27/h5-8,10-11,13,17,21-22,31,33H,3-4,9,12,14-15H2,1-2H3,(H,28,29,32)/b16-13+/t21-,22+,26-,27-/m1/s1. The number of hydrogen-bond acceptors (Lipinski definition) is 6. The Morgan fingerprint density at radius 1 is 1.29 bits per heavy atom. The summed E-state index contributed by atoms with van der Waals surface area (Å²) in [6, 6.07) is 7.11. The number of carbonyl (C=O) groups is 1. The molecule has 0 unspecified atom stereocenters. The molecule has 1 aromatic heterocycles. The largest absolute Gasteiger partial charge is 0.504 e. The predicted molar refractivity (Wildman–Crippen MR) is 128 cm³/mol. The average molecular weight is 462 g/mol. The van der Waals surface area contributed by atoms with Crippen LogP contribution >= 0.6 is 0 Å². The van der Waals surface area contributed by atoms with Crippen LogP contribution in [0.3, 0.4) is 0 Å². The number of piperidine rings is 1. The van der Waals surface area contributed by atoms with Crippen LogP contribution in [0.2, 0.25) is 0 Å². The van der Waals surface area contributed by atoms with E-state index in [0.29, 0.717) is 23.4 Å². The van der Waals surface area contributed by atoms with Gasteiger partial charge in [-0.3, -0.25) is 14.7 Å². The lowest BCUT2D eigenvalue weighted by Gasteiger charge is -2.59. The topological polar surface area (TPSA) is 94.9 Å². The first-order chi connectivity index (χ1) is 16.3. The number of fused-ring (bicyclic) bond motifs is 1. The molecular formula is C27H31N3O4. The van der Waals surface area contributed by atoms with Gasteiger partial charge in [-0.05, 0) is 81.8 Å². The Kier molecular flexibility index (Phi) is 4.80. The second-order valence-corrected chi connectivity index (χ2v) is 10.6. The van der Waals surface area contributed by atoms with Crippen molar-refractivity contribution in [3.63, 3.8) is 0 Å². The Bertz CT molecular complexity index is 1170. The predicted octanol–water partition coefficient (Wildman–Crippen LogP) is 3.16. The van der Waals surface area contributed by atoms with E-state index in [-0.39, 0.29) is 17.7 Å². The zero-order chi connectivity index (χ0) is 23.7. The summed E-state index contributed by atoms with van der Waals surface area (Å²) in [5.74, 6) is 1.04. The highest BCUT2D eigenvalue weighted by Crippen LogP contribution is 2.62. The van der Waals surface area contributed by atoms with Gasteiger partial charge in [-0.2, -0.15) is 0 Å². The van der Waals surface area contributed by atoms with Crippen molar-refractivity contribution in [2.75, 3.05) is 18.4 Å². The third-order valence-corrected chi connectivity index (χ3v) is 8.49. The monoisotopic (exact) mass is 461 g/mol. The molecule has 1 aromatic carbocycles. The number of carbonyl (C=O) groups excluding carboxylic acids is 1. The molecule has 1 amide bonds. The minimum Gasteiger partial charge on any atom is -0.504 e. The van der Waals surface area contributed by atoms with E-state index >= 15 is 0 Å². The van der Waals surface area contributed by atoms with E-state index in [1.165, 1.54) is 12.8 Å². The van der Waals surface area contributed by atoms with Gasteiger partial charge in [-0.1, -0.05) is 6.07 Å². The second kappa shape index (κ2) is 7.55. The second-order valence-electron chi connectivity index (χ2n) is 10.6. The fraction of sp³-hybridized carbons (Fsp3) is 0.481. The molecule has 34 heavy (non-hydrogen) atoms. The van der Waals surface area contributed by atoms with Crippen LogP contribution in [0.1, 0.15) is 44.2 Å². The van der Waals surface area contributed by atoms with E-state index in [9.17, 15) is 15.0 Å². The Morgan fingerprint density at radius 2 is 2.06 bits per heavy atom. The van der Waals surface area contributed by atoms with E-state index in [1.54, 1.807) is 37.5 Å². The number of pyridine rings is 1. The third kappa shape index (κ3) is 3.10. The highest BCUT2D eigenvalue weighted by molar-refractivity contribution is 6.03. The number of nitrogens with one attached hydrogen (secondary N) is 1. The van der Waals surface area contributed by atoms with Crippen molar-refractivity contribution < 1.29 is 19.7 Å². The number of aromatic hydroxyl groups is 1. The van der Waals surface area contributed by atoms with E-state index in [2.05, 4.69) is 15.2 Å². The number of aromatic nitrogens is 1. The van der Waals surface area contributed by atoms with Gasteiger partial charge in [-0.25, -0.2) is 0 Å². The van der Waals surface area contributed by atoms with Crippen molar-refractivity contribution in [1.82, 2.24) is 9.88 Å². The van der Waals surface area contributed by atoms with Crippen LogP contribution in [-0.4, -0.2) is 56.8 Å². The first kappa shape index (κ1) is 21.6. The van der Waals surface area contributed by atoms with Gasteiger partial charge in [0, 0.05) is 41.8 Å². The molecule has 7 heteroatoms. The number of anilines is 1. The number of ether oxygens (including phenoxy) is 1. The zero-order valence-corrected chi connectivity index (χ0v) is 19.6. The Balaban J connectivity index is 1.39. The van der Waals surface area contributed by atoms with Gasteiger partial charge in [0.1, 0.15) is 6.10 Å². The number of hydrogen-bond donors (Lipinski definition) is 3. The molecule has 2 aliphatic heterocycles. The van der Waals surface area contributed by atoms with Gasteiger partial charge in [0.25, 0.3) is 5.91 Å². The van der Waals surface area contributed by atoms with E-state index in [4.69, 9.17) is 4.74 Å². The van der Waals surface area contributed by atoms with Gasteiger partial charge in [-0.15, -0.1) is 0 Å². The first-order valence-corrected chi connectivity index (χ1v) is 12.2. The summed E-state index contributed by atoms with van der Waals surface area (Å²) < 4.78 is 6.38. The number of likely N-dealkylation sites (tertiary alicyclic amines) is 1. The molecule has 3 N–H and O–H groups in total. The lowest BCUT2D eigenvalue weighted by atomic mass is 9.53. The van der Waals surface area contributed by atoms with Crippen LogP contribution in [0.5, 0.6) is 11.5 Å². The maximum absolute atomic E-state index is 13.0. The molecule has 3 heterocycles. The Hall–Kier alpha value is -2.90. The summed E-state index contributed by atoms with van der Waals surface area (Å²) in [5.41, 5.74) is 1.42. The smallest absolute Gasteiger partial charge is 0.251 e. The van der Waals surface area contributed by atoms with Crippen LogP contribution in [-0.2, 0) is 16.6 Å². The van der Waals surface area contributed by atoms with E-state index < -0.39 is 17.1 Å². The molecule has 0 radical (unpaired) electrons. The van der Waals surface area contributed by atoms with Crippen LogP contribution in [0.15, 0.2) is 48.3 Å². The average Bonchev–Trinajstić information content (AvgIpc) is 3.55. The molecular weight excluding hydrogens is 430 g/mol. The SMILES string of the molecule is C/C(=C\[C@@H]1Oc2c(O)ccc3c2[C@@]12CCN(CC1CC1)[C@H](C3)[C@@]2(C)O)C(=O)Nc1ccncc1. The zero-order valence-electron chi connectivity index (χ0n) is 19.6. The first-order valence-electron chi connectivity index (χ1n) is 12.2. The lowest BCUT2D eigenvalue weighted by Crippen LogP contribution is -2.72. The van der Waals surface area contributed by atoms with Gasteiger partial charge in [0.2, 0.25) is 0 Å². The number of nitrogens with zero attached hydrogens (tertiary/aromatic N) is 2. The Morgan fingerprint density at radius 3 is 2.79 bits per heavy atom. The van der Waals surface area contributed by atoms with Crippen molar-refractivity contribution in [1.29, 1.82) is 0 Å². The van der Waals surface area contributed by atoms with Gasteiger partial charge >= 0.3 is 0 Å². The quantitative estimate of drug-likeness (QED) is 0.592. The molecule has 178 valence electrons. The minimum atomic E-state index is -1.07. The Labute approximate surface area is 199 Å². The summed E-state index contributed by atoms with van der Waals surface area (Å²) in [4.78, 5) is 19.4. The molecule has 2 bridgehead atoms. The van der Waals surface area contributed by atoms with Crippen molar-refractivity contribution in [3.05, 3.63) is 59.4 Å². The number of benzene rings is 1. The third-order valence-electron chi connectivity index (χ3n) is 8.49. The molecule has 2 aromatic rings. The number of rotatable bonds is 5. The van der Waals surface area contributed by atoms with Crippen molar-refractivity contribution >= 4 is 11.6 Å². The molecule has 1 spiro atoms. The molecule has 4 aliphatic rings. The fourth-order valence-corrected chi connectivity index (χ4v) is 6.48. The fourth-order valence-electron chi connectivity index (χ4n) is 6.48. The number of phenols is 1. The van der Waals surface area contributed by atoms with Gasteiger partial charge in [0.15, 0.2) is 11.5 Å². The van der Waals surface area contributed by atoms with Crippen molar-refractivity contribution in [2.45, 2.75) is 62.7 Å². The van der Waals surface area contributed by atoms with Gasteiger partial charge in [0.05, 0.1) is 11.0 Å². The van der Waals surface area contributed by atoms with Crippen LogP contribution in [0.25, 0.3) is 0 Å². The van der Waals surface area contributed by atoms with Crippen LogP contribution < -0.4 is 10.1 Å². The molecule has 1 saturated heterocycles. The maximum atomic E-state index is 13.0. The summed E-state index contributed by atoms with van der Waals surface area (Å²) in [5, 5.41) is 25.8. The summed E-state index contributed by atoms with van der Waals surface area (Å²) in [7, 11) is 0. The van der Waals surface area contributed by atoms with Gasteiger partial charge < -0.3 is 20.3 Å². The maximum Gasteiger partial charge on any atom is 0.251 e. The van der Waals surface area contributed by atoms with Crippen LogP contribution in [0.4, 0.5) is 5.69 Å². The molecule has 2 aliphatic carbocycles. The number of phenolic OH excluding ortho intramolecular Hbond substituents is 1. The number of amides is 1. The van der Waals surface area contributed by atoms with E-state index in [1.807, 2.05) is 19.1 Å². The summed E-state index contributed by atoms with van der Waals surface area (Å²) >= 11 is 0. The summed E-state index contributed by atoms with van der Waals surface area (Å²) in [6.45, 7) is 5.57. The molecule has 4 atom stereocenters. The normalized spacial score (nSPS) is 32.1. The van der Waals surface area contributed by atoms with Crippen molar-refractivity contribution in [2.24, 2.45) is 5.92 Å². The highest BCUT2D eigenvalue weighted by atomic mass is 16.5. The molecule has 7 nitrogen and oxygen atoms in total. The molecule has 1 saturated carbocycles. The minimum absolute atomic E-state index is 0.0321. The highest BCUT2D eigenvalue weighted by Gasteiger charge is 2.68. The van der Waals surface area contributed by atoms with Crippen molar-refractivity contribution in [3.8, 4) is 11.5 Å². The molecule has 6 rings (SSSR count). The molecule has 2 fully saturated rings.